The van der Waals surface area contributed by atoms with E-state index >= 15 is 0 Å². The van der Waals surface area contributed by atoms with Crippen LogP contribution in [0.15, 0.2) is 12.3 Å². The van der Waals surface area contributed by atoms with Gasteiger partial charge in [0.2, 0.25) is 5.91 Å². The number of hydrogen-bond acceptors (Lipinski definition) is 3. The fourth-order valence-corrected chi connectivity index (χ4v) is 1.68. The van der Waals surface area contributed by atoms with Gasteiger partial charge < -0.3 is 15.3 Å². The topological polar surface area (TPSA) is 69.6 Å². The summed E-state index contributed by atoms with van der Waals surface area (Å²) in [4.78, 5) is 23.5. The number of piperidine rings is 1. The molecule has 1 aliphatic rings. The van der Waals surface area contributed by atoms with E-state index in [1.54, 1.807) is 13.2 Å². The predicted octanol–water partition coefficient (Wildman–Crippen LogP) is 0.0427. The Hall–Kier alpha value is -1.52. The highest BCUT2D eigenvalue weighted by molar-refractivity contribution is 5.79. The molecule has 1 fully saturated rings. The highest BCUT2D eigenvalue weighted by Gasteiger charge is 2.22. The van der Waals surface area contributed by atoms with E-state index in [-0.39, 0.29) is 11.8 Å². The summed E-state index contributed by atoms with van der Waals surface area (Å²) in [5, 5.41) is 11.1. The largest absolute Gasteiger partial charge is 0.478 e. The highest BCUT2D eigenvalue weighted by Crippen LogP contribution is 2.17. The van der Waals surface area contributed by atoms with Gasteiger partial charge in [-0.05, 0) is 12.8 Å². The van der Waals surface area contributed by atoms with Crippen molar-refractivity contribution in [3.8, 4) is 0 Å². The number of carboxylic acid groups (broad SMARTS) is 1. The number of carbonyl (C=O) groups excluding carboxylic acids is 1. The Bertz CT molecular complexity index is 268. The van der Waals surface area contributed by atoms with Crippen LogP contribution in [0.4, 0.5) is 0 Å². The maximum Gasteiger partial charge on any atom is 0.329 e. The van der Waals surface area contributed by atoms with Crippen molar-refractivity contribution in [2.75, 3.05) is 20.1 Å². The normalized spacial score (nSPS) is 18.1. The third-order valence-corrected chi connectivity index (χ3v) is 2.57. The zero-order valence-electron chi connectivity index (χ0n) is 8.77. The van der Waals surface area contributed by atoms with Gasteiger partial charge in [-0.1, -0.05) is 0 Å². The molecule has 0 aliphatic carbocycles. The lowest BCUT2D eigenvalue weighted by Gasteiger charge is -2.29. The van der Waals surface area contributed by atoms with Gasteiger partial charge in [0.05, 0.1) is 0 Å². The molecule has 0 radical (unpaired) electrons. The third-order valence-electron chi connectivity index (χ3n) is 2.57. The number of amides is 1. The Morgan fingerprint density at radius 3 is 2.47 bits per heavy atom. The lowest BCUT2D eigenvalue weighted by Crippen LogP contribution is -2.37. The number of nitrogens with one attached hydrogen (secondary N) is 1. The van der Waals surface area contributed by atoms with Gasteiger partial charge in [0, 0.05) is 38.3 Å². The van der Waals surface area contributed by atoms with Crippen LogP contribution < -0.4 is 5.32 Å². The first kappa shape index (κ1) is 11.6. The molecule has 5 heteroatoms. The fraction of sp³-hybridized carbons (Fsp3) is 0.600. The first-order chi connectivity index (χ1) is 7.13. The molecule has 0 unspecified atom stereocenters. The summed E-state index contributed by atoms with van der Waals surface area (Å²) >= 11 is 0. The molecule has 5 nitrogen and oxygen atoms in total. The molecule has 1 rings (SSSR count). The van der Waals surface area contributed by atoms with Gasteiger partial charge in [-0.15, -0.1) is 0 Å². The summed E-state index contributed by atoms with van der Waals surface area (Å²) in [6, 6.07) is 0. The molecule has 0 aromatic heterocycles. The second-order valence-corrected chi connectivity index (χ2v) is 3.58. The van der Waals surface area contributed by atoms with Crippen LogP contribution in [-0.4, -0.2) is 42.0 Å². The molecule has 0 aromatic rings. The van der Waals surface area contributed by atoms with E-state index in [0.29, 0.717) is 0 Å². The van der Waals surface area contributed by atoms with E-state index in [1.165, 1.54) is 0 Å². The summed E-state index contributed by atoms with van der Waals surface area (Å²) in [5.41, 5.74) is 0. The molecule has 0 saturated carbocycles. The molecule has 84 valence electrons. The zero-order valence-corrected chi connectivity index (χ0v) is 8.77. The minimum atomic E-state index is -0.941. The average molecular weight is 212 g/mol. The molecular formula is C10H16N2O3. The number of likely N-dealkylation sites (tertiary alicyclic amines) is 1. The summed E-state index contributed by atoms with van der Waals surface area (Å²) in [5.74, 6) is -0.787. The first-order valence-electron chi connectivity index (χ1n) is 5.00. The number of hydrogen-bond donors (Lipinski definition) is 2. The monoisotopic (exact) mass is 212 g/mol. The fourth-order valence-electron chi connectivity index (χ4n) is 1.68. The molecule has 15 heavy (non-hydrogen) atoms. The van der Waals surface area contributed by atoms with Gasteiger partial charge in [0.15, 0.2) is 0 Å². The van der Waals surface area contributed by atoms with Crippen LogP contribution in [0.1, 0.15) is 12.8 Å². The minimum Gasteiger partial charge on any atom is -0.478 e. The third kappa shape index (κ3) is 3.61. The number of carbonyl (C=O) groups is 2. The number of aliphatic carboxylic acids is 1. The Balaban J connectivity index is 2.36. The van der Waals surface area contributed by atoms with Crippen LogP contribution in [-0.2, 0) is 9.59 Å². The van der Waals surface area contributed by atoms with Gasteiger partial charge in [-0.25, -0.2) is 4.79 Å². The Morgan fingerprint density at radius 2 is 2.00 bits per heavy atom. The Labute approximate surface area is 88.8 Å². The molecule has 0 atom stereocenters. The zero-order chi connectivity index (χ0) is 11.3. The SMILES string of the molecule is CNC(=O)C1CCN(C=CC(=O)O)CC1. The van der Waals surface area contributed by atoms with E-state index in [9.17, 15) is 9.59 Å². The number of nitrogens with zero attached hydrogens (tertiary/aromatic N) is 1. The van der Waals surface area contributed by atoms with Crippen molar-refractivity contribution >= 4 is 11.9 Å². The van der Waals surface area contributed by atoms with Gasteiger partial charge in [0.1, 0.15) is 0 Å². The molecule has 2 N–H and O–H groups in total. The van der Waals surface area contributed by atoms with E-state index in [0.717, 1.165) is 32.0 Å². The van der Waals surface area contributed by atoms with Crippen molar-refractivity contribution in [1.29, 1.82) is 0 Å². The van der Waals surface area contributed by atoms with Gasteiger partial charge >= 0.3 is 5.97 Å². The molecule has 1 aliphatic heterocycles. The quantitative estimate of drug-likeness (QED) is 0.648. The number of rotatable bonds is 3. The van der Waals surface area contributed by atoms with Crippen molar-refractivity contribution in [1.82, 2.24) is 10.2 Å². The van der Waals surface area contributed by atoms with Crippen molar-refractivity contribution in [3.05, 3.63) is 12.3 Å². The van der Waals surface area contributed by atoms with Crippen LogP contribution in [0.3, 0.4) is 0 Å². The maximum atomic E-state index is 11.3. The average Bonchev–Trinajstić information content (AvgIpc) is 2.26. The Kier molecular flexibility index (Phi) is 4.15. The van der Waals surface area contributed by atoms with Crippen molar-refractivity contribution in [2.24, 2.45) is 5.92 Å². The lowest BCUT2D eigenvalue weighted by atomic mass is 9.96. The van der Waals surface area contributed by atoms with Crippen molar-refractivity contribution < 1.29 is 14.7 Å². The summed E-state index contributed by atoms with van der Waals surface area (Å²) < 4.78 is 0. The van der Waals surface area contributed by atoms with Crippen LogP contribution in [0.25, 0.3) is 0 Å². The van der Waals surface area contributed by atoms with Gasteiger partial charge in [-0.3, -0.25) is 4.79 Å². The predicted molar refractivity (Wildman–Crippen MR) is 55.1 cm³/mol. The van der Waals surface area contributed by atoms with E-state index in [4.69, 9.17) is 5.11 Å². The summed E-state index contributed by atoms with van der Waals surface area (Å²) in [6.07, 6.45) is 4.26. The van der Waals surface area contributed by atoms with Gasteiger partial charge in [0.25, 0.3) is 0 Å². The molecule has 1 saturated heterocycles. The van der Waals surface area contributed by atoms with Gasteiger partial charge in [-0.2, -0.15) is 0 Å². The minimum absolute atomic E-state index is 0.0736. The number of carboxylic acids is 1. The van der Waals surface area contributed by atoms with E-state index in [1.807, 2.05) is 4.90 Å². The van der Waals surface area contributed by atoms with Crippen molar-refractivity contribution in [2.45, 2.75) is 12.8 Å². The first-order valence-corrected chi connectivity index (χ1v) is 5.00. The van der Waals surface area contributed by atoms with Crippen LogP contribution >= 0.6 is 0 Å². The van der Waals surface area contributed by atoms with Crippen LogP contribution in [0.5, 0.6) is 0 Å². The molecule has 0 bridgehead atoms. The van der Waals surface area contributed by atoms with Crippen LogP contribution in [0.2, 0.25) is 0 Å². The maximum absolute atomic E-state index is 11.3. The highest BCUT2D eigenvalue weighted by atomic mass is 16.4. The Morgan fingerprint density at radius 1 is 1.40 bits per heavy atom. The lowest BCUT2D eigenvalue weighted by molar-refractivity contribution is -0.131. The smallest absolute Gasteiger partial charge is 0.329 e. The standard InChI is InChI=1S/C10H16N2O3/c1-11-10(15)8-2-5-12(6-3-8)7-4-9(13)14/h4,7-8H,2-3,5-6H2,1H3,(H,11,15)(H,13,14). The van der Waals surface area contributed by atoms with Crippen molar-refractivity contribution in [3.63, 3.8) is 0 Å². The van der Waals surface area contributed by atoms with Crippen LogP contribution in [0, 0.1) is 5.92 Å². The van der Waals surface area contributed by atoms with E-state index < -0.39 is 5.97 Å². The molecule has 0 aromatic carbocycles. The van der Waals surface area contributed by atoms with E-state index in [2.05, 4.69) is 5.32 Å². The second-order valence-electron chi connectivity index (χ2n) is 3.58. The summed E-state index contributed by atoms with van der Waals surface area (Å²) in [6.45, 7) is 1.48. The molecule has 0 spiro atoms. The molecule has 1 heterocycles. The summed E-state index contributed by atoms with van der Waals surface area (Å²) in [7, 11) is 1.64. The molecular weight excluding hydrogens is 196 g/mol. The second kappa shape index (κ2) is 5.38. The molecule has 1 amide bonds.